The van der Waals surface area contributed by atoms with E-state index >= 15 is 0 Å². The number of rotatable bonds is 4. The molecule has 72 valence electrons. The lowest BCUT2D eigenvalue weighted by Gasteiger charge is -2.02. The van der Waals surface area contributed by atoms with Crippen molar-refractivity contribution in [2.45, 2.75) is 19.4 Å². The average Bonchev–Trinajstić information content (AvgIpc) is 2.01. The molecule has 0 aromatic heterocycles. The number of thioether (sulfide) groups is 1. The lowest BCUT2D eigenvalue weighted by molar-refractivity contribution is -0.138. The third-order valence-electron chi connectivity index (χ3n) is 0.950. The van der Waals surface area contributed by atoms with Gasteiger partial charge in [0.2, 0.25) is 0 Å². The van der Waals surface area contributed by atoms with Gasteiger partial charge in [0.15, 0.2) is 0 Å². The predicted molar refractivity (Wildman–Crippen MR) is 54.5 cm³/mol. The molecule has 0 aliphatic heterocycles. The van der Waals surface area contributed by atoms with E-state index in [0.29, 0.717) is 6.42 Å². The molecule has 1 unspecified atom stereocenters. The van der Waals surface area contributed by atoms with Crippen LogP contribution >= 0.6 is 11.8 Å². The highest BCUT2D eigenvalue weighted by Gasteiger charge is 2.08. The summed E-state index contributed by atoms with van der Waals surface area (Å²) in [6.07, 6.45) is 4.23. The van der Waals surface area contributed by atoms with Crippen LogP contribution in [0.2, 0.25) is 0 Å². The summed E-state index contributed by atoms with van der Waals surface area (Å²) >= 11 is 1.60. The monoisotopic (exact) mass is 191 g/mol. The maximum Gasteiger partial charge on any atom is 0.320 e. The fourth-order valence-corrected chi connectivity index (χ4v) is 0.858. The van der Waals surface area contributed by atoms with Crippen LogP contribution in [0.4, 0.5) is 0 Å². The molecule has 1 atom stereocenters. The molecule has 0 radical (unpaired) electrons. The minimum Gasteiger partial charge on any atom is -0.480 e. The smallest absolute Gasteiger partial charge is 0.320 e. The fourth-order valence-electron chi connectivity index (χ4n) is 0.368. The molecule has 3 nitrogen and oxygen atoms in total. The zero-order valence-electron chi connectivity index (χ0n) is 7.62. The van der Waals surface area contributed by atoms with Crippen molar-refractivity contribution < 1.29 is 9.90 Å². The van der Waals surface area contributed by atoms with Gasteiger partial charge in [0.25, 0.3) is 0 Å². The first kappa shape index (κ1) is 14.1. The molecule has 0 bridgehead atoms. The van der Waals surface area contributed by atoms with E-state index in [0.717, 1.165) is 5.75 Å². The van der Waals surface area contributed by atoms with E-state index in [1.807, 2.05) is 13.2 Å². The van der Waals surface area contributed by atoms with E-state index in [4.69, 9.17) is 10.8 Å². The van der Waals surface area contributed by atoms with Crippen LogP contribution in [0, 0.1) is 0 Å². The number of hydrogen-bond acceptors (Lipinski definition) is 3. The minimum absolute atomic E-state index is 0.552. The van der Waals surface area contributed by atoms with Crippen molar-refractivity contribution in [2.24, 2.45) is 5.73 Å². The summed E-state index contributed by atoms with van der Waals surface area (Å²) in [4.78, 5) is 10.1. The Morgan fingerprint density at radius 1 is 1.83 bits per heavy atom. The molecule has 0 heterocycles. The zero-order chi connectivity index (χ0) is 9.98. The van der Waals surface area contributed by atoms with Crippen molar-refractivity contribution in [3.05, 3.63) is 12.7 Å². The van der Waals surface area contributed by atoms with Gasteiger partial charge in [0, 0.05) is 0 Å². The van der Waals surface area contributed by atoms with E-state index < -0.39 is 12.0 Å². The predicted octanol–water partition coefficient (Wildman–Crippen LogP) is 1.34. The molecule has 12 heavy (non-hydrogen) atoms. The summed E-state index contributed by atoms with van der Waals surface area (Å²) in [6.45, 7) is 5.25. The second-order valence-electron chi connectivity index (χ2n) is 2.13. The highest BCUT2D eigenvalue weighted by Crippen LogP contribution is 1.97. The second-order valence-corrected chi connectivity index (χ2v) is 3.12. The Morgan fingerprint density at radius 3 is 2.50 bits per heavy atom. The van der Waals surface area contributed by atoms with Crippen LogP contribution in [0.5, 0.6) is 0 Å². The lowest BCUT2D eigenvalue weighted by atomic mass is 10.2. The Bertz CT molecular complexity index is 128. The number of nitrogens with two attached hydrogens (primary N) is 1. The number of aliphatic carboxylic acids is 1. The molecule has 3 N–H and O–H groups in total. The molecule has 0 aromatic carbocycles. The van der Waals surface area contributed by atoms with Crippen molar-refractivity contribution in [1.82, 2.24) is 0 Å². The molecule has 0 saturated carbocycles. The highest BCUT2D eigenvalue weighted by molar-refractivity contribution is 7.98. The first-order valence-corrected chi connectivity index (χ1v) is 5.03. The molecule has 0 aliphatic rings. The molecular weight excluding hydrogens is 174 g/mol. The molecule has 4 heteroatoms. The SMILES string of the molecule is C=CC.CSCCC(N)C(=O)O. The van der Waals surface area contributed by atoms with Gasteiger partial charge >= 0.3 is 5.97 Å². The van der Waals surface area contributed by atoms with E-state index in [2.05, 4.69) is 6.58 Å². The van der Waals surface area contributed by atoms with Crippen LogP contribution in [0.3, 0.4) is 0 Å². The van der Waals surface area contributed by atoms with Gasteiger partial charge in [-0.2, -0.15) is 11.8 Å². The number of carboxylic acid groups (broad SMARTS) is 1. The van der Waals surface area contributed by atoms with Crippen molar-refractivity contribution in [3.63, 3.8) is 0 Å². The normalized spacial score (nSPS) is 10.9. The molecule has 0 aliphatic carbocycles. The fraction of sp³-hybridized carbons (Fsp3) is 0.625. The van der Waals surface area contributed by atoms with Gasteiger partial charge in [-0.15, -0.1) is 6.58 Å². The van der Waals surface area contributed by atoms with Crippen LogP contribution in [0.15, 0.2) is 12.7 Å². The van der Waals surface area contributed by atoms with Crippen molar-refractivity contribution in [1.29, 1.82) is 0 Å². The van der Waals surface area contributed by atoms with Crippen LogP contribution in [0.25, 0.3) is 0 Å². The molecular formula is C8H17NO2S. The Hall–Kier alpha value is -0.480. The molecule has 0 spiro atoms. The quantitative estimate of drug-likeness (QED) is 0.658. The number of carbonyl (C=O) groups is 1. The molecule has 0 rings (SSSR count). The van der Waals surface area contributed by atoms with Gasteiger partial charge in [-0.3, -0.25) is 4.79 Å². The standard InChI is InChI=1S/C5H11NO2S.C3H6/c1-9-3-2-4(6)5(7)8;1-3-2/h4H,2-3,6H2,1H3,(H,7,8);3H,1H2,2H3. The summed E-state index contributed by atoms with van der Waals surface area (Å²) in [5, 5.41) is 8.27. The largest absolute Gasteiger partial charge is 0.480 e. The maximum absolute atomic E-state index is 10.1. The van der Waals surface area contributed by atoms with Crippen molar-refractivity contribution in [3.8, 4) is 0 Å². The number of hydrogen-bond donors (Lipinski definition) is 2. The molecule has 0 saturated heterocycles. The highest BCUT2D eigenvalue weighted by atomic mass is 32.2. The zero-order valence-corrected chi connectivity index (χ0v) is 8.43. The van der Waals surface area contributed by atoms with E-state index in [1.54, 1.807) is 17.8 Å². The van der Waals surface area contributed by atoms with Crippen LogP contribution in [0.1, 0.15) is 13.3 Å². The summed E-state index contributed by atoms with van der Waals surface area (Å²) in [5.41, 5.74) is 5.19. The van der Waals surface area contributed by atoms with Crippen LogP contribution < -0.4 is 5.73 Å². The third-order valence-corrected chi connectivity index (χ3v) is 1.59. The molecule has 0 amide bonds. The van der Waals surface area contributed by atoms with E-state index in [-0.39, 0.29) is 0 Å². The van der Waals surface area contributed by atoms with Gasteiger partial charge < -0.3 is 10.8 Å². The Labute approximate surface area is 78.0 Å². The Balaban J connectivity index is 0. The summed E-state index contributed by atoms with van der Waals surface area (Å²) in [7, 11) is 0. The van der Waals surface area contributed by atoms with E-state index in [1.165, 1.54) is 0 Å². The van der Waals surface area contributed by atoms with Crippen LogP contribution in [-0.4, -0.2) is 29.1 Å². The number of allylic oxidation sites excluding steroid dienone is 1. The Kier molecular flexibility index (Phi) is 12.3. The van der Waals surface area contributed by atoms with E-state index in [9.17, 15) is 4.79 Å². The first-order valence-electron chi connectivity index (χ1n) is 3.64. The molecule has 0 aromatic rings. The first-order chi connectivity index (χ1) is 5.59. The van der Waals surface area contributed by atoms with Gasteiger partial charge in [0.1, 0.15) is 6.04 Å². The maximum atomic E-state index is 10.1. The summed E-state index contributed by atoms with van der Waals surface area (Å²) in [5.74, 6) is -0.1000. The van der Waals surface area contributed by atoms with Crippen molar-refractivity contribution in [2.75, 3.05) is 12.0 Å². The second kappa shape index (κ2) is 10.5. The van der Waals surface area contributed by atoms with Gasteiger partial charge in [-0.1, -0.05) is 6.08 Å². The summed E-state index contributed by atoms with van der Waals surface area (Å²) < 4.78 is 0. The van der Waals surface area contributed by atoms with Crippen molar-refractivity contribution >= 4 is 17.7 Å². The topological polar surface area (TPSA) is 63.3 Å². The minimum atomic E-state index is -0.913. The van der Waals surface area contributed by atoms with Gasteiger partial charge in [0.05, 0.1) is 0 Å². The number of carboxylic acids is 1. The Morgan fingerprint density at radius 2 is 2.25 bits per heavy atom. The summed E-state index contributed by atoms with van der Waals surface area (Å²) in [6, 6.07) is -0.683. The van der Waals surface area contributed by atoms with Gasteiger partial charge in [-0.05, 0) is 25.4 Å². The average molecular weight is 191 g/mol. The molecule has 0 fully saturated rings. The third kappa shape index (κ3) is 12.2. The van der Waals surface area contributed by atoms with Gasteiger partial charge in [-0.25, -0.2) is 0 Å². The van der Waals surface area contributed by atoms with Crippen LogP contribution in [-0.2, 0) is 4.79 Å². The lowest BCUT2D eigenvalue weighted by Crippen LogP contribution is -2.30.